The third-order valence-electron chi connectivity index (χ3n) is 5.08. The van der Waals surface area contributed by atoms with Gasteiger partial charge >= 0.3 is 0 Å². The molecule has 2 aromatic heterocycles. The third-order valence-corrected chi connectivity index (χ3v) is 5.37. The van der Waals surface area contributed by atoms with Gasteiger partial charge in [-0.05, 0) is 42.0 Å². The van der Waals surface area contributed by atoms with Gasteiger partial charge in [0.15, 0.2) is 23.3 Å². The smallest absolute Gasteiger partial charge is 0.264 e. The monoisotopic (exact) mass is 510 g/mol. The highest BCUT2D eigenvalue weighted by Gasteiger charge is 2.31. The molecule has 0 aliphatic carbocycles. The summed E-state index contributed by atoms with van der Waals surface area (Å²) >= 11 is 5.89. The molecule has 2 aromatic carbocycles. The number of hydrogen-bond acceptors (Lipinski definition) is 3. The van der Waals surface area contributed by atoms with Crippen molar-refractivity contribution in [2.24, 2.45) is 7.05 Å². The van der Waals surface area contributed by atoms with E-state index in [2.05, 4.69) is 15.4 Å². The number of pyridine rings is 1. The molecular formula is C23H13ClF6N4O. The summed E-state index contributed by atoms with van der Waals surface area (Å²) in [5, 5.41) is 6.34. The number of hydrogen-bond donors (Lipinski definition) is 1. The molecule has 5 nitrogen and oxygen atoms in total. The highest BCUT2D eigenvalue weighted by molar-refractivity contribution is 6.31. The summed E-state index contributed by atoms with van der Waals surface area (Å²) in [5.41, 5.74) is -0.0485. The maximum atomic E-state index is 14.9. The Morgan fingerprint density at radius 2 is 1.63 bits per heavy atom. The number of nitrogens with one attached hydrogen (secondary N) is 1. The van der Waals surface area contributed by atoms with E-state index in [9.17, 15) is 31.1 Å². The van der Waals surface area contributed by atoms with Crippen LogP contribution in [0.3, 0.4) is 0 Å². The maximum Gasteiger partial charge on any atom is 0.264 e. The van der Waals surface area contributed by atoms with Gasteiger partial charge in [-0.2, -0.15) is 5.10 Å². The minimum Gasteiger partial charge on any atom is -0.308 e. The number of nitrogens with zero attached hydrogens (tertiary/aromatic N) is 3. The highest BCUT2D eigenvalue weighted by atomic mass is 35.5. The van der Waals surface area contributed by atoms with Crippen LogP contribution in [-0.4, -0.2) is 20.7 Å². The van der Waals surface area contributed by atoms with Crippen molar-refractivity contribution < 1.29 is 31.1 Å². The molecule has 0 spiro atoms. The van der Waals surface area contributed by atoms with Gasteiger partial charge in [0.1, 0.15) is 17.3 Å². The average molecular weight is 511 g/mol. The fourth-order valence-corrected chi connectivity index (χ4v) is 3.58. The Balaban J connectivity index is 1.80. The van der Waals surface area contributed by atoms with E-state index in [0.717, 1.165) is 10.7 Å². The SMILES string of the molecule is Cn1nc(-c2ccc(F)c(Cl)c2)c(-c2ccncc2)c1NC(=O)C(F)c1cc(F)c(F)c(F)c1F. The first-order chi connectivity index (χ1) is 16.6. The Kier molecular flexibility index (Phi) is 6.53. The number of aromatic nitrogens is 3. The van der Waals surface area contributed by atoms with E-state index in [1.165, 1.54) is 31.6 Å². The average Bonchev–Trinajstić information content (AvgIpc) is 3.17. The molecule has 0 fully saturated rings. The second-order valence-corrected chi connectivity index (χ2v) is 7.71. The maximum absolute atomic E-state index is 14.9. The lowest BCUT2D eigenvalue weighted by molar-refractivity contribution is -0.121. The van der Waals surface area contributed by atoms with E-state index >= 15 is 0 Å². The summed E-state index contributed by atoms with van der Waals surface area (Å²) in [4.78, 5) is 16.5. The lowest BCUT2D eigenvalue weighted by Gasteiger charge is -2.13. The van der Waals surface area contributed by atoms with E-state index in [1.54, 1.807) is 12.1 Å². The van der Waals surface area contributed by atoms with Gasteiger partial charge in [0, 0.05) is 30.6 Å². The van der Waals surface area contributed by atoms with Crippen molar-refractivity contribution in [1.29, 1.82) is 0 Å². The number of anilines is 1. The molecule has 180 valence electrons. The number of rotatable bonds is 5. The lowest BCUT2D eigenvalue weighted by Crippen LogP contribution is -2.21. The topological polar surface area (TPSA) is 59.8 Å². The van der Waals surface area contributed by atoms with Crippen LogP contribution in [0.15, 0.2) is 48.8 Å². The van der Waals surface area contributed by atoms with Gasteiger partial charge < -0.3 is 5.32 Å². The third kappa shape index (κ3) is 4.46. The largest absolute Gasteiger partial charge is 0.308 e. The Morgan fingerprint density at radius 3 is 2.29 bits per heavy atom. The van der Waals surface area contributed by atoms with E-state index in [1.807, 2.05) is 0 Å². The second-order valence-electron chi connectivity index (χ2n) is 7.30. The zero-order chi connectivity index (χ0) is 25.4. The number of carbonyl (C=O) groups excluding carboxylic acids is 1. The molecule has 4 rings (SSSR count). The first-order valence-electron chi connectivity index (χ1n) is 9.80. The Bertz CT molecular complexity index is 1440. The van der Waals surface area contributed by atoms with Crippen molar-refractivity contribution >= 4 is 23.3 Å². The van der Waals surface area contributed by atoms with Crippen molar-refractivity contribution in [3.8, 4) is 22.4 Å². The Morgan fingerprint density at radius 1 is 0.943 bits per heavy atom. The number of amides is 1. The number of alkyl halides is 1. The normalized spacial score (nSPS) is 12.0. The zero-order valence-corrected chi connectivity index (χ0v) is 18.3. The molecule has 0 radical (unpaired) electrons. The summed E-state index contributed by atoms with van der Waals surface area (Å²) in [7, 11) is 1.40. The molecule has 0 saturated carbocycles. The molecular weight excluding hydrogens is 498 g/mol. The quantitative estimate of drug-likeness (QED) is 0.199. The molecule has 0 aliphatic rings. The van der Waals surface area contributed by atoms with Crippen molar-refractivity contribution in [1.82, 2.24) is 14.8 Å². The minimum atomic E-state index is -2.90. The van der Waals surface area contributed by atoms with Crippen LogP contribution in [-0.2, 0) is 11.8 Å². The van der Waals surface area contributed by atoms with Crippen molar-refractivity contribution in [3.63, 3.8) is 0 Å². The van der Waals surface area contributed by atoms with Gasteiger partial charge in [-0.25, -0.2) is 26.3 Å². The van der Waals surface area contributed by atoms with E-state index < -0.39 is 46.7 Å². The molecule has 1 N–H and O–H groups in total. The second kappa shape index (κ2) is 9.41. The number of benzene rings is 2. The summed E-state index contributed by atoms with van der Waals surface area (Å²) in [5.74, 6) is -10.5. The highest BCUT2D eigenvalue weighted by Crippen LogP contribution is 2.39. The van der Waals surface area contributed by atoms with Crippen LogP contribution in [0.25, 0.3) is 22.4 Å². The molecule has 12 heteroatoms. The van der Waals surface area contributed by atoms with Gasteiger partial charge in [0.2, 0.25) is 6.17 Å². The summed E-state index contributed by atoms with van der Waals surface area (Å²) < 4.78 is 84.1. The molecule has 0 saturated heterocycles. The predicted molar refractivity (Wildman–Crippen MR) is 116 cm³/mol. The molecule has 0 bridgehead atoms. The molecule has 2 heterocycles. The van der Waals surface area contributed by atoms with E-state index in [0.29, 0.717) is 11.1 Å². The lowest BCUT2D eigenvalue weighted by atomic mass is 10.0. The Labute approximate surface area is 199 Å². The van der Waals surface area contributed by atoms with Crippen LogP contribution in [0.1, 0.15) is 11.7 Å². The van der Waals surface area contributed by atoms with Crippen LogP contribution in [0.2, 0.25) is 5.02 Å². The fourth-order valence-electron chi connectivity index (χ4n) is 3.40. The zero-order valence-electron chi connectivity index (χ0n) is 17.6. The van der Waals surface area contributed by atoms with Gasteiger partial charge in [0.25, 0.3) is 5.91 Å². The van der Waals surface area contributed by atoms with E-state index in [4.69, 9.17) is 11.6 Å². The molecule has 1 amide bonds. The van der Waals surface area contributed by atoms with Crippen LogP contribution < -0.4 is 5.32 Å². The number of aryl methyl sites for hydroxylation is 1. The van der Waals surface area contributed by atoms with Crippen molar-refractivity contribution in [3.05, 3.63) is 88.5 Å². The molecule has 35 heavy (non-hydrogen) atoms. The Hall–Kier alpha value is -3.86. The standard InChI is InChI=1S/C23H13ClF6N4O/c1-34-22(32-23(35)18(28)12-9-15(26)19(29)20(30)17(12)27)16(10-4-6-31-7-5-10)21(33-34)11-2-3-14(25)13(24)8-11/h2-9,18H,1H3,(H,32,35). The number of carbonyl (C=O) groups is 1. The first-order valence-corrected chi connectivity index (χ1v) is 10.2. The molecule has 4 aromatic rings. The van der Waals surface area contributed by atoms with Crippen LogP contribution in [0.5, 0.6) is 0 Å². The number of halogens is 7. The summed E-state index contributed by atoms with van der Waals surface area (Å²) in [6.07, 6.45) is -0.0250. The molecule has 0 aliphatic heterocycles. The summed E-state index contributed by atoms with van der Waals surface area (Å²) in [6, 6.07) is 6.97. The van der Waals surface area contributed by atoms with E-state index in [-0.39, 0.29) is 28.2 Å². The van der Waals surface area contributed by atoms with Crippen molar-refractivity contribution in [2.45, 2.75) is 6.17 Å². The fraction of sp³-hybridized carbons (Fsp3) is 0.0870. The van der Waals surface area contributed by atoms with Crippen LogP contribution in [0.4, 0.5) is 32.2 Å². The first kappa shape index (κ1) is 24.3. The molecule has 1 atom stereocenters. The van der Waals surface area contributed by atoms with Gasteiger partial charge in [-0.3, -0.25) is 14.5 Å². The molecule has 1 unspecified atom stereocenters. The summed E-state index contributed by atoms with van der Waals surface area (Å²) in [6.45, 7) is 0. The van der Waals surface area contributed by atoms with Gasteiger partial charge in [-0.15, -0.1) is 0 Å². The van der Waals surface area contributed by atoms with Crippen LogP contribution in [0, 0.1) is 29.1 Å². The van der Waals surface area contributed by atoms with Crippen molar-refractivity contribution in [2.75, 3.05) is 5.32 Å². The van der Waals surface area contributed by atoms with Crippen LogP contribution >= 0.6 is 11.6 Å². The minimum absolute atomic E-state index is 0.0664. The van der Waals surface area contributed by atoms with Gasteiger partial charge in [-0.1, -0.05) is 11.6 Å². The van der Waals surface area contributed by atoms with Gasteiger partial charge in [0.05, 0.1) is 10.6 Å². The predicted octanol–water partition coefficient (Wildman–Crippen LogP) is 6.15.